The second-order valence-corrected chi connectivity index (χ2v) is 2.73. The number of alkyl halides is 3. The molecule has 17 heavy (non-hydrogen) atoms. The van der Waals surface area contributed by atoms with Crippen LogP contribution >= 0.6 is 0 Å². The summed E-state index contributed by atoms with van der Waals surface area (Å²) in [6.45, 7) is 0. The van der Waals surface area contributed by atoms with Crippen LogP contribution in [0.5, 0.6) is 5.75 Å². The van der Waals surface area contributed by atoms with E-state index in [0.29, 0.717) is 6.20 Å². The Labute approximate surface area is 92.0 Å². The van der Waals surface area contributed by atoms with Gasteiger partial charge in [-0.1, -0.05) is 0 Å². The number of carboxylic acid groups (broad SMARTS) is 1. The number of nitrogens with two attached hydrogens (primary N) is 1. The second kappa shape index (κ2) is 4.17. The number of ether oxygens (including phenoxy) is 1. The van der Waals surface area contributed by atoms with Crippen molar-refractivity contribution >= 4 is 11.7 Å². The number of hydrogen-bond acceptors (Lipinski definition) is 5. The molecule has 1 heterocycles. The average molecular weight is 247 g/mol. The van der Waals surface area contributed by atoms with Gasteiger partial charge in [-0.2, -0.15) is 5.26 Å². The molecule has 0 aromatic carbocycles. The van der Waals surface area contributed by atoms with Gasteiger partial charge in [0.2, 0.25) is 0 Å². The smallest absolute Gasteiger partial charge is 0.476 e. The molecule has 0 saturated carbocycles. The quantitative estimate of drug-likeness (QED) is 0.810. The van der Waals surface area contributed by atoms with E-state index in [0.717, 1.165) is 0 Å². The lowest BCUT2D eigenvalue weighted by Crippen LogP contribution is -2.20. The molecule has 1 aromatic rings. The van der Waals surface area contributed by atoms with Crippen molar-refractivity contribution in [3.05, 3.63) is 17.5 Å². The molecule has 3 N–H and O–H groups in total. The fraction of sp³-hybridized carbons (Fsp3) is 0.125. The lowest BCUT2D eigenvalue weighted by molar-refractivity contribution is -0.274. The predicted molar refractivity (Wildman–Crippen MR) is 47.0 cm³/mol. The minimum atomic E-state index is -5.09. The molecule has 6 nitrogen and oxygen atoms in total. The molecule has 0 bridgehead atoms. The van der Waals surface area contributed by atoms with Crippen LogP contribution in [-0.4, -0.2) is 22.4 Å². The minimum Gasteiger partial charge on any atom is -0.476 e. The standard InChI is InChI=1S/C8H4F3N3O3/c9-8(10,11)17-6-3(1-12)2-14-5(4(6)13)7(15)16/h2H,13H2,(H,15,16). The number of rotatable bonds is 2. The molecular weight excluding hydrogens is 243 g/mol. The molecule has 90 valence electrons. The van der Waals surface area contributed by atoms with Crippen molar-refractivity contribution in [2.24, 2.45) is 0 Å². The topological polar surface area (TPSA) is 109 Å². The monoisotopic (exact) mass is 247 g/mol. The molecule has 0 atom stereocenters. The van der Waals surface area contributed by atoms with Crippen LogP contribution in [0.4, 0.5) is 18.9 Å². The summed E-state index contributed by atoms with van der Waals surface area (Å²) >= 11 is 0. The van der Waals surface area contributed by atoms with E-state index in [9.17, 15) is 18.0 Å². The first-order chi connectivity index (χ1) is 7.76. The number of pyridine rings is 1. The van der Waals surface area contributed by atoms with Gasteiger partial charge in [-0.15, -0.1) is 13.2 Å². The van der Waals surface area contributed by atoms with Crippen LogP contribution in [0, 0.1) is 11.3 Å². The summed E-state index contributed by atoms with van der Waals surface area (Å²) in [7, 11) is 0. The third-order valence-corrected chi connectivity index (χ3v) is 1.61. The summed E-state index contributed by atoms with van der Waals surface area (Å²) in [5.74, 6) is -2.69. The first kappa shape index (κ1) is 12.6. The van der Waals surface area contributed by atoms with Crippen LogP contribution in [0.25, 0.3) is 0 Å². The van der Waals surface area contributed by atoms with E-state index in [1.165, 1.54) is 6.07 Å². The van der Waals surface area contributed by atoms with Crippen molar-refractivity contribution in [2.45, 2.75) is 6.36 Å². The van der Waals surface area contributed by atoms with Crippen molar-refractivity contribution in [3.8, 4) is 11.8 Å². The zero-order valence-electron chi connectivity index (χ0n) is 7.95. The molecule has 0 aliphatic carbocycles. The van der Waals surface area contributed by atoms with Gasteiger partial charge in [0.1, 0.15) is 17.3 Å². The van der Waals surface area contributed by atoms with Crippen molar-refractivity contribution in [1.82, 2.24) is 4.98 Å². The molecule has 1 aromatic heterocycles. The number of anilines is 1. The van der Waals surface area contributed by atoms with Crippen LogP contribution in [0.15, 0.2) is 6.20 Å². The zero-order chi connectivity index (χ0) is 13.2. The number of carbonyl (C=O) groups is 1. The number of halogens is 3. The molecule has 0 saturated heterocycles. The molecular formula is C8H4F3N3O3. The molecule has 9 heteroatoms. The van der Waals surface area contributed by atoms with Crippen molar-refractivity contribution in [1.29, 1.82) is 5.26 Å². The lowest BCUT2D eigenvalue weighted by Gasteiger charge is -2.13. The maximum atomic E-state index is 12.0. The normalized spacial score (nSPS) is 10.7. The van der Waals surface area contributed by atoms with Gasteiger partial charge in [0.05, 0.1) is 0 Å². The first-order valence-electron chi connectivity index (χ1n) is 3.94. The molecule has 0 unspecified atom stereocenters. The summed E-state index contributed by atoms with van der Waals surface area (Å²) < 4.78 is 39.5. The van der Waals surface area contributed by atoms with E-state index in [1.807, 2.05) is 0 Å². The zero-order valence-corrected chi connectivity index (χ0v) is 7.95. The van der Waals surface area contributed by atoms with E-state index < -0.39 is 35.0 Å². The highest BCUT2D eigenvalue weighted by atomic mass is 19.4. The number of nitrogens with zero attached hydrogens (tertiary/aromatic N) is 2. The molecule has 0 aliphatic heterocycles. The first-order valence-corrected chi connectivity index (χ1v) is 3.94. The highest BCUT2D eigenvalue weighted by Gasteiger charge is 2.34. The van der Waals surface area contributed by atoms with Crippen LogP contribution in [0.1, 0.15) is 16.1 Å². The van der Waals surface area contributed by atoms with Gasteiger partial charge in [-0.25, -0.2) is 9.78 Å². The third kappa shape index (κ3) is 2.75. The molecule has 0 radical (unpaired) electrons. The number of nitriles is 1. The van der Waals surface area contributed by atoms with E-state index in [1.54, 1.807) is 0 Å². The Morgan fingerprint density at radius 2 is 2.18 bits per heavy atom. The van der Waals surface area contributed by atoms with Crippen molar-refractivity contribution < 1.29 is 27.8 Å². The van der Waals surface area contributed by atoms with Crippen LogP contribution in [0.2, 0.25) is 0 Å². The molecule has 0 aliphatic rings. The second-order valence-electron chi connectivity index (χ2n) is 2.73. The van der Waals surface area contributed by atoms with E-state index >= 15 is 0 Å². The largest absolute Gasteiger partial charge is 0.573 e. The predicted octanol–water partition coefficient (Wildman–Crippen LogP) is 1.13. The summed E-state index contributed by atoms with van der Waals surface area (Å²) in [6, 6.07) is 1.36. The minimum absolute atomic E-state index is 0.607. The third-order valence-electron chi connectivity index (χ3n) is 1.61. The Kier molecular flexibility index (Phi) is 3.08. The molecule has 0 spiro atoms. The molecule has 0 fully saturated rings. The lowest BCUT2D eigenvalue weighted by atomic mass is 10.2. The van der Waals surface area contributed by atoms with Gasteiger partial charge < -0.3 is 15.6 Å². The number of nitrogen functional groups attached to an aromatic ring is 1. The fourth-order valence-electron chi connectivity index (χ4n) is 0.986. The SMILES string of the molecule is N#Cc1cnc(C(=O)O)c(N)c1OC(F)(F)F. The van der Waals surface area contributed by atoms with Gasteiger partial charge in [-0.3, -0.25) is 0 Å². The number of aromatic carboxylic acids is 1. The molecule has 1 rings (SSSR count). The fourth-order valence-corrected chi connectivity index (χ4v) is 0.986. The van der Waals surface area contributed by atoms with Crippen molar-refractivity contribution in [2.75, 3.05) is 5.73 Å². The van der Waals surface area contributed by atoms with Gasteiger partial charge >= 0.3 is 12.3 Å². The number of aromatic nitrogens is 1. The summed E-state index contributed by atoms with van der Waals surface area (Å²) in [5.41, 5.74) is 2.87. The average Bonchev–Trinajstić information content (AvgIpc) is 2.18. The number of hydrogen-bond donors (Lipinski definition) is 2. The Balaban J connectivity index is 3.39. The van der Waals surface area contributed by atoms with E-state index in [2.05, 4.69) is 9.72 Å². The van der Waals surface area contributed by atoms with Gasteiger partial charge in [0.25, 0.3) is 0 Å². The highest BCUT2D eigenvalue weighted by Crippen LogP contribution is 2.32. The Morgan fingerprint density at radius 3 is 2.59 bits per heavy atom. The van der Waals surface area contributed by atoms with Crippen LogP contribution in [-0.2, 0) is 0 Å². The molecule has 0 amide bonds. The summed E-state index contributed by atoms with van der Waals surface area (Å²) in [5, 5.41) is 17.1. The summed E-state index contributed by atoms with van der Waals surface area (Å²) in [6.07, 6.45) is -4.45. The Bertz CT molecular complexity index is 507. The van der Waals surface area contributed by atoms with Gasteiger partial charge in [0, 0.05) is 6.20 Å². The van der Waals surface area contributed by atoms with Crippen molar-refractivity contribution in [3.63, 3.8) is 0 Å². The van der Waals surface area contributed by atoms with Crippen LogP contribution in [0.3, 0.4) is 0 Å². The summed E-state index contributed by atoms with van der Waals surface area (Å²) in [4.78, 5) is 13.8. The Hall–Kier alpha value is -2.50. The maximum Gasteiger partial charge on any atom is 0.573 e. The Morgan fingerprint density at radius 1 is 1.59 bits per heavy atom. The highest BCUT2D eigenvalue weighted by molar-refractivity contribution is 5.93. The van der Waals surface area contributed by atoms with E-state index in [-0.39, 0.29) is 0 Å². The van der Waals surface area contributed by atoms with Crippen LogP contribution < -0.4 is 10.5 Å². The van der Waals surface area contributed by atoms with Gasteiger partial charge in [0.15, 0.2) is 11.4 Å². The number of carboxylic acids is 1. The van der Waals surface area contributed by atoms with E-state index in [4.69, 9.17) is 16.1 Å². The maximum absolute atomic E-state index is 12.0. The van der Waals surface area contributed by atoms with Gasteiger partial charge in [-0.05, 0) is 0 Å².